The summed E-state index contributed by atoms with van der Waals surface area (Å²) in [4.78, 5) is 46.0. The van der Waals surface area contributed by atoms with Crippen molar-refractivity contribution in [3.63, 3.8) is 0 Å². The Kier molecular flexibility index (Phi) is 7.41. The van der Waals surface area contributed by atoms with E-state index in [1.807, 2.05) is 12.1 Å². The van der Waals surface area contributed by atoms with Gasteiger partial charge in [-0.25, -0.2) is 0 Å². The lowest BCUT2D eigenvalue weighted by Gasteiger charge is -2.35. The molecule has 1 unspecified atom stereocenters. The van der Waals surface area contributed by atoms with Gasteiger partial charge >= 0.3 is 0 Å². The van der Waals surface area contributed by atoms with E-state index in [1.165, 1.54) is 5.56 Å². The number of benzene rings is 2. The van der Waals surface area contributed by atoms with E-state index < -0.39 is 11.9 Å². The second-order valence-corrected chi connectivity index (χ2v) is 13.6. The first kappa shape index (κ1) is 28.9. The molecule has 3 fully saturated rings. The molecule has 4 atom stereocenters. The predicted molar refractivity (Wildman–Crippen MR) is 167 cm³/mol. The fraction of sp³-hybridized carbons (Fsp3) is 0.486. The second-order valence-electron chi connectivity index (χ2n) is 13.6. The number of aromatic nitrogens is 1. The lowest BCUT2D eigenvalue weighted by molar-refractivity contribution is -0.136. The molecule has 1 aromatic heterocycles. The molecule has 9 nitrogen and oxygen atoms in total. The Morgan fingerprint density at radius 1 is 1.07 bits per heavy atom. The summed E-state index contributed by atoms with van der Waals surface area (Å²) in [5.41, 5.74) is 4.81. The number of imide groups is 1. The van der Waals surface area contributed by atoms with E-state index in [4.69, 9.17) is 14.5 Å². The van der Waals surface area contributed by atoms with Crippen LogP contribution in [0.4, 0.5) is 0 Å². The molecule has 9 heteroatoms. The maximum atomic E-state index is 13.0. The van der Waals surface area contributed by atoms with Gasteiger partial charge in [-0.2, -0.15) is 0 Å². The van der Waals surface area contributed by atoms with Crippen LogP contribution in [-0.2, 0) is 27.4 Å². The van der Waals surface area contributed by atoms with Gasteiger partial charge in [-0.15, -0.1) is 0 Å². The highest BCUT2D eigenvalue weighted by molar-refractivity contribution is 6.05. The largest absolute Gasteiger partial charge is 0.489 e. The lowest BCUT2D eigenvalue weighted by Crippen LogP contribution is -2.52. The number of likely N-dealkylation sites (tertiary alicyclic amines) is 1. The summed E-state index contributed by atoms with van der Waals surface area (Å²) in [7, 11) is 0. The molecule has 2 aromatic carbocycles. The number of pyridine rings is 1. The van der Waals surface area contributed by atoms with Crippen molar-refractivity contribution in [2.24, 2.45) is 5.92 Å². The molecule has 3 aromatic rings. The number of rotatable bonds is 6. The van der Waals surface area contributed by atoms with E-state index >= 15 is 0 Å². The van der Waals surface area contributed by atoms with E-state index in [1.54, 1.807) is 11.0 Å². The van der Waals surface area contributed by atoms with Gasteiger partial charge in [0.05, 0.1) is 11.1 Å². The SMILES string of the molecule is C[C@@H]1CN(Cc2ccc3nc([C@@H]4CCOC(C)(C)C4)ccc3c2)C[C@H]1Oc1ccc2c(c1)CN(C1CCC(=O)NC1=O)C2=O.[HH]. The standard InChI is InChI=1S/C35H40N4O5.H2/c1-21-17-38(18-22-4-8-28-23(14-22)5-9-29(36-28)24-12-13-43-35(2,3)16-24)20-31(21)44-26-6-7-27-25(15-26)19-39(34(27)42)30-10-11-32(40)37-33(30)41;/h4-9,14-15,21,24,30-31H,10-13,16-20H2,1-3H3,(H,37,40,41);1H/t21-,24-,30?,31-;/m1./s1. The summed E-state index contributed by atoms with van der Waals surface area (Å²) in [5, 5.41) is 3.52. The van der Waals surface area contributed by atoms with Crippen LogP contribution in [0.3, 0.4) is 0 Å². The normalized spacial score (nSPS) is 27.1. The second kappa shape index (κ2) is 11.3. The third kappa shape index (κ3) is 5.71. The smallest absolute Gasteiger partial charge is 0.255 e. The van der Waals surface area contributed by atoms with Crippen LogP contribution in [0.2, 0.25) is 0 Å². The summed E-state index contributed by atoms with van der Waals surface area (Å²) < 4.78 is 12.4. The average Bonchev–Trinajstić information content (AvgIpc) is 3.49. The zero-order chi connectivity index (χ0) is 30.6. The van der Waals surface area contributed by atoms with Crippen molar-refractivity contribution in [3.8, 4) is 5.75 Å². The molecule has 4 aliphatic rings. The monoisotopic (exact) mass is 598 g/mol. The molecule has 0 bridgehead atoms. The predicted octanol–water partition coefficient (Wildman–Crippen LogP) is 4.81. The van der Waals surface area contributed by atoms with Gasteiger partial charge in [-0.05, 0) is 80.6 Å². The van der Waals surface area contributed by atoms with E-state index in [-0.39, 0.29) is 31.4 Å². The maximum Gasteiger partial charge on any atom is 0.255 e. The van der Waals surface area contributed by atoms with Crippen LogP contribution in [0, 0.1) is 5.92 Å². The van der Waals surface area contributed by atoms with Gasteiger partial charge in [-0.3, -0.25) is 29.6 Å². The van der Waals surface area contributed by atoms with Crippen molar-refractivity contribution in [1.29, 1.82) is 0 Å². The number of carbonyl (C=O) groups is 3. The van der Waals surface area contributed by atoms with Gasteiger partial charge < -0.3 is 14.4 Å². The molecule has 5 heterocycles. The highest BCUT2D eigenvalue weighted by Crippen LogP contribution is 2.36. The van der Waals surface area contributed by atoms with E-state index in [0.717, 1.165) is 67.0 Å². The van der Waals surface area contributed by atoms with Crippen LogP contribution < -0.4 is 10.1 Å². The Bertz CT molecular complexity index is 1640. The number of fused-ring (bicyclic) bond motifs is 2. The molecule has 44 heavy (non-hydrogen) atoms. The average molecular weight is 599 g/mol. The van der Waals surface area contributed by atoms with Crippen LogP contribution in [-0.4, -0.2) is 69.9 Å². The van der Waals surface area contributed by atoms with E-state index in [2.05, 4.69) is 61.3 Å². The van der Waals surface area contributed by atoms with Crippen molar-refractivity contribution in [2.75, 3.05) is 19.7 Å². The van der Waals surface area contributed by atoms with Crippen molar-refractivity contribution in [2.45, 2.75) is 83.2 Å². The number of hydrogen-bond donors (Lipinski definition) is 1. The summed E-state index contributed by atoms with van der Waals surface area (Å²) >= 11 is 0. The molecule has 0 spiro atoms. The molecule has 232 valence electrons. The minimum atomic E-state index is -0.618. The molecular weight excluding hydrogens is 556 g/mol. The Balaban J connectivity index is 0.00000357. The van der Waals surface area contributed by atoms with Gasteiger partial charge in [0.25, 0.3) is 5.91 Å². The first-order chi connectivity index (χ1) is 21.1. The molecule has 3 saturated heterocycles. The summed E-state index contributed by atoms with van der Waals surface area (Å²) in [5.74, 6) is 0.661. The van der Waals surface area contributed by atoms with Crippen LogP contribution in [0.25, 0.3) is 10.9 Å². The third-order valence-electron chi connectivity index (χ3n) is 9.70. The molecule has 4 aliphatic heterocycles. The van der Waals surface area contributed by atoms with Crippen molar-refractivity contribution < 1.29 is 25.3 Å². The van der Waals surface area contributed by atoms with Gasteiger partial charge in [0.1, 0.15) is 17.9 Å². The molecular formula is C35H42N4O5. The topological polar surface area (TPSA) is 101 Å². The van der Waals surface area contributed by atoms with Gasteiger partial charge in [0.15, 0.2) is 0 Å². The van der Waals surface area contributed by atoms with Crippen molar-refractivity contribution >= 4 is 28.6 Å². The summed E-state index contributed by atoms with van der Waals surface area (Å²) in [6.07, 6.45) is 2.63. The first-order valence-electron chi connectivity index (χ1n) is 15.8. The zero-order valence-corrected chi connectivity index (χ0v) is 25.7. The molecule has 1 N–H and O–H groups in total. The Labute approximate surface area is 259 Å². The lowest BCUT2D eigenvalue weighted by atomic mass is 9.86. The Hall–Kier alpha value is -3.82. The Morgan fingerprint density at radius 3 is 2.75 bits per heavy atom. The number of ether oxygens (including phenoxy) is 2. The van der Waals surface area contributed by atoms with Crippen molar-refractivity contribution in [1.82, 2.24) is 20.1 Å². The number of nitrogens with one attached hydrogen (secondary N) is 1. The quantitative estimate of drug-likeness (QED) is 0.407. The Morgan fingerprint density at radius 2 is 1.93 bits per heavy atom. The number of nitrogens with zero attached hydrogens (tertiary/aromatic N) is 3. The van der Waals surface area contributed by atoms with E-state index in [9.17, 15) is 14.4 Å². The number of amides is 3. The number of hydrogen-bond acceptors (Lipinski definition) is 7. The zero-order valence-electron chi connectivity index (χ0n) is 25.7. The molecule has 7 rings (SSSR count). The molecule has 0 saturated carbocycles. The first-order valence-corrected chi connectivity index (χ1v) is 15.8. The minimum absolute atomic E-state index is 0. The maximum absolute atomic E-state index is 13.0. The van der Waals surface area contributed by atoms with Gasteiger partial charge in [0, 0.05) is 69.1 Å². The van der Waals surface area contributed by atoms with Gasteiger partial charge in [-0.1, -0.05) is 19.1 Å². The number of carbonyl (C=O) groups excluding carboxylic acids is 3. The number of piperidine rings is 1. The summed E-state index contributed by atoms with van der Waals surface area (Å²) in [6, 6.07) is 16.0. The van der Waals surface area contributed by atoms with Crippen LogP contribution in [0.15, 0.2) is 48.5 Å². The molecule has 0 radical (unpaired) electrons. The van der Waals surface area contributed by atoms with Crippen LogP contribution in [0.1, 0.15) is 81.0 Å². The fourth-order valence-corrected chi connectivity index (χ4v) is 7.37. The van der Waals surface area contributed by atoms with Crippen LogP contribution in [0.5, 0.6) is 5.75 Å². The third-order valence-corrected chi connectivity index (χ3v) is 9.70. The molecule has 3 amide bonds. The van der Waals surface area contributed by atoms with Crippen molar-refractivity contribution in [3.05, 3.63) is 70.9 Å². The van der Waals surface area contributed by atoms with Gasteiger partial charge in [0.2, 0.25) is 11.8 Å². The summed E-state index contributed by atoms with van der Waals surface area (Å²) in [6.45, 7) is 10.3. The van der Waals surface area contributed by atoms with Crippen LogP contribution >= 0.6 is 0 Å². The van der Waals surface area contributed by atoms with E-state index in [0.29, 0.717) is 30.4 Å². The molecule has 0 aliphatic carbocycles. The highest BCUT2D eigenvalue weighted by Gasteiger charge is 2.39. The highest BCUT2D eigenvalue weighted by atomic mass is 16.5. The minimum Gasteiger partial charge on any atom is -0.489 e. The fourth-order valence-electron chi connectivity index (χ4n) is 7.37.